The zero-order chi connectivity index (χ0) is 22.0. The minimum Gasteiger partial charge on any atom is -0.368 e. The lowest BCUT2D eigenvalue weighted by molar-refractivity contribution is -0.176. The smallest absolute Gasteiger partial charge is 0.368 e. The van der Waals surface area contributed by atoms with Crippen LogP contribution >= 0.6 is 0 Å². The van der Waals surface area contributed by atoms with E-state index in [1.807, 2.05) is 33.0 Å². The van der Waals surface area contributed by atoms with E-state index in [-0.39, 0.29) is 23.8 Å². The highest BCUT2D eigenvalue weighted by Crippen LogP contribution is 2.77. The molecule has 0 aromatic rings. The normalized spacial score (nSPS) is 30.0. The number of fused-ring (bicyclic) bond motifs is 1. The molecule has 6 nitrogen and oxygen atoms in total. The van der Waals surface area contributed by atoms with Gasteiger partial charge in [-0.25, -0.2) is 0 Å². The average molecular weight is 405 g/mol. The summed E-state index contributed by atoms with van der Waals surface area (Å²) in [7, 11) is 0. The minimum absolute atomic E-state index is 0.0142. The standard InChI is InChI=1S/C19H30F3N3O3/c1-9(2)18-10(17(18,6)7)8-25(12(18)13(23)26)14(27)11(16(3,4)5)24-15(28)19(20,21)22/h9-12H,8H2,1-7H3,(H2,23,26)(H,24,28)/t10?,11-,12?,18?/m1/s1. The first-order valence-electron chi connectivity index (χ1n) is 9.39. The Morgan fingerprint density at radius 2 is 1.64 bits per heavy atom. The van der Waals surface area contributed by atoms with E-state index >= 15 is 0 Å². The number of hydrogen-bond acceptors (Lipinski definition) is 3. The molecule has 1 saturated carbocycles. The highest BCUT2D eigenvalue weighted by atomic mass is 19.4. The van der Waals surface area contributed by atoms with E-state index in [0.29, 0.717) is 0 Å². The number of alkyl halides is 3. The molecular weight excluding hydrogens is 375 g/mol. The maximum atomic E-state index is 13.2. The average Bonchev–Trinajstić information content (AvgIpc) is 2.83. The lowest BCUT2D eigenvalue weighted by Gasteiger charge is -2.40. The predicted octanol–water partition coefficient (Wildman–Crippen LogP) is 2.07. The van der Waals surface area contributed by atoms with E-state index in [9.17, 15) is 27.6 Å². The van der Waals surface area contributed by atoms with Gasteiger partial charge >= 0.3 is 12.1 Å². The van der Waals surface area contributed by atoms with Crippen LogP contribution in [0.4, 0.5) is 13.2 Å². The molecule has 1 aliphatic heterocycles. The van der Waals surface area contributed by atoms with Crippen LogP contribution in [-0.4, -0.2) is 47.4 Å². The van der Waals surface area contributed by atoms with Crippen LogP contribution in [0.25, 0.3) is 0 Å². The van der Waals surface area contributed by atoms with Crippen molar-refractivity contribution in [2.75, 3.05) is 6.54 Å². The van der Waals surface area contributed by atoms with Crippen molar-refractivity contribution in [3.8, 4) is 0 Å². The summed E-state index contributed by atoms with van der Waals surface area (Å²) in [6.45, 7) is 12.9. The Morgan fingerprint density at radius 1 is 1.14 bits per heavy atom. The summed E-state index contributed by atoms with van der Waals surface area (Å²) < 4.78 is 38.3. The van der Waals surface area contributed by atoms with Gasteiger partial charge in [0.05, 0.1) is 0 Å². The molecule has 28 heavy (non-hydrogen) atoms. The second-order valence-corrected chi connectivity index (χ2v) is 9.93. The molecule has 2 aliphatic rings. The molecule has 0 spiro atoms. The number of piperidine rings is 1. The molecule has 160 valence electrons. The summed E-state index contributed by atoms with van der Waals surface area (Å²) in [6, 6.07) is -2.36. The van der Waals surface area contributed by atoms with E-state index in [2.05, 4.69) is 0 Å². The highest BCUT2D eigenvalue weighted by molar-refractivity contribution is 5.94. The summed E-state index contributed by atoms with van der Waals surface area (Å²) in [4.78, 5) is 38.4. The zero-order valence-corrected chi connectivity index (χ0v) is 17.4. The quantitative estimate of drug-likeness (QED) is 0.750. The van der Waals surface area contributed by atoms with Crippen LogP contribution in [0.1, 0.15) is 48.5 Å². The molecule has 0 aromatic heterocycles. The number of halogens is 3. The molecule has 3 amide bonds. The Labute approximate surface area is 163 Å². The van der Waals surface area contributed by atoms with Crippen molar-refractivity contribution < 1.29 is 27.6 Å². The molecule has 3 N–H and O–H groups in total. The molecule has 0 aromatic carbocycles. The van der Waals surface area contributed by atoms with Gasteiger partial charge in [-0.1, -0.05) is 48.5 Å². The molecule has 1 saturated heterocycles. The summed E-state index contributed by atoms with van der Waals surface area (Å²) >= 11 is 0. The van der Waals surface area contributed by atoms with E-state index in [1.165, 1.54) is 4.90 Å². The fourth-order valence-electron chi connectivity index (χ4n) is 5.52. The molecule has 3 unspecified atom stereocenters. The number of carbonyl (C=O) groups excluding carboxylic acids is 3. The third kappa shape index (κ3) is 3.06. The predicted molar refractivity (Wildman–Crippen MR) is 96.7 cm³/mol. The largest absolute Gasteiger partial charge is 0.471 e. The first-order valence-corrected chi connectivity index (χ1v) is 9.39. The van der Waals surface area contributed by atoms with Crippen LogP contribution < -0.4 is 11.1 Å². The lowest BCUT2D eigenvalue weighted by Crippen LogP contribution is -2.61. The van der Waals surface area contributed by atoms with Crippen molar-refractivity contribution in [2.24, 2.45) is 33.8 Å². The van der Waals surface area contributed by atoms with Crippen LogP contribution in [0.5, 0.6) is 0 Å². The lowest BCUT2D eigenvalue weighted by atomic mass is 9.77. The first-order chi connectivity index (χ1) is 12.4. The Bertz CT molecular complexity index is 697. The Kier molecular flexibility index (Phi) is 5.10. The fraction of sp³-hybridized carbons (Fsp3) is 0.842. The van der Waals surface area contributed by atoms with Gasteiger partial charge in [0.2, 0.25) is 11.8 Å². The third-order valence-corrected chi connectivity index (χ3v) is 6.78. The first kappa shape index (κ1) is 22.5. The van der Waals surface area contributed by atoms with Gasteiger partial charge in [-0.2, -0.15) is 13.2 Å². The summed E-state index contributed by atoms with van der Waals surface area (Å²) in [5.41, 5.74) is 3.93. The zero-order valence-electron chi connectivity index (χ0n) is 17.4. The van der Waals surface area contributed by atoms with Gasteiger partial charge in [0.25, 0.3) is 0 Å². The number of likely N-dealkylation sites (tertiary alicyclic amines) is 1. The molecule has 0 radical (unpaired) electrons. The van der Waals surface area contributed by atoms with Crippen LogP contribution in [-0.2, 0) is 14.4 Å². The van der Waals surface area contributed by atoms with Gasteiger partial charge in [-0.15, -0.1) is 0 Å². The SMILES string of the molecule is CC(C)C12C(C(N)=O)N(C(=O)[C@@H](NC(=O)C(F)(F)F)C(C)(C)C)CC1C2(C)C. The molecule has 1 heterocycles. The van der Waals surface area contributed by atoms with Gasteiger partial charge in [-0.05, 0) is 22.7 Å². The van der Waals surface area contributed by atoms with Crippen molar-refractivity contribution in [3.63, 3.8) is 0 Å². The van der Waals surface area contributed by atoms with Gasteiger partial charge in [-0.3, -0.25) is 14.4 Å². The Hall–Kier alpha value is -1.80. The summed E-state index contributed by atoms with van der Waals surface area (Å²) in [5.74, 6) is -3.51. The second kappa shape index (κ2) is 6.35. The van der Waals surface area contributed by atoms with E-state index in [4.69, 9.17) is 5.73 Å². The number of carbonyl (C=O) groups is 3. The molecule has 9 heteroatoms. The number of nitrogens with one attached hydrogen (secondary N) is 1. The van der Waals surface area contributed by atoms with Crippen molar-refractivity contribution in [1.29, 1.82) is 0 Å². The van der Waals surface area contributed by atoms with Crippen LogP contribution in [0.3, 0.4) is 0 Å². The molecule has 0 bridgehead atoms. The van der Waals surface area contributed by atoms with E-state index < -0.39 is 46.8 Å². The number of hydrogen-bond donors (Lipinski definition) is 2. The van der Waals surface area contributed by atoms with Crippen LogP contribution in [0, 0.1) is 28.1 Å². The minimum atomic E-state index is -5.11. The van der Waals surface area contributed by atoms with E-state index in [1.54, 1.807) is 20.8 Å². The van der Waals surface area contributed by atoms with Crippen LogP contribution in [0.2, 0.25) is 0 Å². The van der Waals surface area contributed by atoms with Crippen molar-refractivity contribution in [3.05, 3.63) is 0 Å². The Balaban J connectivity index is 2.41. The van der Waals surface area contributed by atoms with Crippen molar-refractivity contribution >= 4 is 17.7 Å². The summed E-state index contributed by atoms with van der Waals surface area (Å²) in [5, 5.41) is 1.82. The maximum Gasteiger partial charge on any atom is 0.471 e. The van der Waals surface area contributed by atoms with Crippen LogP contribution in [0.15, 0.2) is 0 Å². The van der Waals surface area contributed by atoms with Gasteiger partial charge in [0.15, 0.2) is 0 Å². The molecular formula is C19H30F3N3O3. The van der Waals surface area contributed by atoms with Crippen molar-refractivity contribution in [2.45, 2.75) is 66.7 Å². The summed E-state index contributed by atoms with van der Waals surface area (Å²) in [6.07, 6.45) is -5.11. The maximum absolute atomic E-state index is 13.2. The number of nitrogens with two attached hydrogens (primary N) is 1. The molecule has 1 aliphatic carbocycles. The van der Waals surface area contributed by atoms with Gasteiger partial charge < -0.3 is 16.0 Å². The molecule has 2 rings (SSSR count). The second-order valence-electron chi connectivity index (χ2n) is 9.93. The van der Waals surface area contributed by atoms with Gasteiger partial charge in [0.1, 0.15) is 12.1 Å². The monoisotopic (exact) mass is 405 g/mol. The molecule has 4 atom stereocenters. The Morgan fingerprint density at radius 3 is 2.00 bits per heavy atom. The highest BCUT2D eigenvalue weighted by Gasteiger charge is 2.81. The fourth-order valence-corrected chi connectivity index (χ4v) is 5.52. The number of amides is 3. The number of rotatable bonds is 4. The molecule has 2 fully saturated rings. The number of nitrogens with zero attached hydrogens (tertiary/aromatic N) is 1. The number of primary amides is 1. The van der Waals surface area contributed by atoms with Gasteiger partial charge in [0, 0.05) is 12.0 Å². The third-order valence-electron chi connectivity index (χ3n) is 6.78. The van der Waals surface area contributed by atoms with Crippen molar-refractivity contribution in [1.82, 2.24) is 10.2 Å². The van der Waals surface area contributed by atoms with E-state index in [0.717, 1.165) is 0 Å². The topological polar surface area (TPSA) is 92.5 Å².